The molecule has 21 heavy (non-hydrogen) atoms. The zero-order chi connectivity index (χ0) is 15.0. The molecule has 0 N–H and O–H groups in total. The lowest BCUT2D eigenvalue weighted by molar-refractivity contribution is -0.135. The highest BCUT2D eigenvalue weighted by atomic mass is 32.1. The van der Waals surface area contributed by atoms with Gasteiger partial charge in [0.05, 0.1) is 11.7 Å². The standard InChI is InChI=1S/C16H21N3OS/c1-11-9-12(2)19(17-11)13(3)16(20)18-7-4-5-15(18)14-6-8-21-10-14/h6,8-10,13,15H,4-5,7H2,1-3H3. The molecule has 0 spiro atoms. The topological polar surface area (TPSA) is 38.1 Å². The van der Waals surface area contributed by atoms with Gasteiger partial charge in [-0.1, -0.05) is 0 Å². The number of amides is 1. The third kappa shape index (κ3) is 2.62. The summed E-state index contributed by atoms with van der Waals surface area (Å²) in [7, 11) is 0. The summed E-state index contributed by atoms with van der Waals surface area (Å²) in [5.74, 6) is 0.176. The molecule has 1 amide bonds. The van der Waals surface area contributed by atoms with Crippen LogP contribution < -0.4 is 0 Å². The molecule has 0 saturated carbocycles. The Balaban J connectivity index is 1.82. The first-order valence-corrected chi connectivity index (χ1v) is 8.37. The molecule has 4 nitrogen and oxygen atoms in total. The minimum Gasteiger partial charge on any atom is -0.334 e. The first-order chi connectivity index (χ1) is 10.1. The smallest absolute Gasteiger partial charge is 0.247 e. The van der Waals surface area contributed by atoms with Gasteiger partial charge in [-0.25, -0.2) is 0 Å². The van der Waals surface area contributed by atoms with Gasteiger partial charge in [0.1, 0.15) is 6.04 Å². The van der Waals surface area contributed by atoms with E-state index in [-0.39, 0.29) is 18.0 Å². The van der Waals surface area contributed by atoms with Gasteiger partial charge in [0.15, 0.2) is 0 Å². The lowest BCUT2D eigenvalue weighted by Gasteiger charge is -2.27. The fourth-order valence-corrected chi connectivity index (χ4v) is 3.93. The van der Waals surface area contributed by atoms with Gasteiger partial charge < -0.3 is 4.90 Å². The quantitative estimate of drug-likeness (QED) is 0.870. The Hall–Kier alpha value is -1.62. The minimum atomic E-state index is -0.238. The Morgan fingerprint density at radius 2 is 2.29 bits per heavy atom. The molecule has 0 aliphatic carbocycles. The van der Waals surface area contributed by atoms with Gasteiger partial charge in [0, 0.05) is 12.2 Å². The van der Waals surface area contributed by atoms with Gasteiger partial charge >= 0.3 is 0 Å². The number of hydrogen-bond donors (Lipinski definition) is 0. The second-order valence-electron chi connectivity index (χ2n) is 5.79. The molecule has 0 radical (unpaired) electrons. The van der Waals surface area contributed by atoms with Crippen molar-refractivity contribution in [3.63, 3.8) is 0 Å². The van der Waals surface area contributed by atoms with Crippen LogP contribution in [0, 0.1) is 13.8 Å². The number of carbonyl (C=O) groups is 1. The van der Waals surface area contributed by atoms with E-state index in [0.717, 1.165) is 30.8 Å². The minimum absolute atomic E-state index is 0.176. The third-order valence-corrected chi connectivity index (χ3v) is 4.93. The summed E-state index contributed by atoms with van der Waals surface area (Å²) in [5, 5.41) is 8.70. The van der Waals surface area contributed by atoms with Crippen LogP contribution in [0.25, 0.3) is 0 Å². The van der Waals surface area contributed by atoms with Crippen molar-refractivity contribution in [2.75, 3.05) is 6.54 Å². The van der Waals surface area contributed by atoms with Gasteiger partial charge in [0.25, 0.3) is 0 Å². The van der Waals surface area contributed by atoms with E-state index < -0.39 is 0 Å². The maximum atomic E-state index is 12.9. The molecule has 1 aliphatic heterocycles. The van der Waals surface area contributed by atoms with E-state index >= 15 is 0 Å². The number of thiophene rings is 1. The molecule has 1 fully saturated rings. The Kier molecular flexibility index (Phi) is 3.85. The molecule has 112 valence electrons. The van der Waals surface area contributed by atoms with Crippen molar-refractivity contribution in [2.24, 2.45) is 0 Å². The van der Waals surface area contributed by atoms with Crippen molar-refractivity contribution in [3.05, 3.63) is 39.8 Å². The molecule has 5 heteroatoms. The Labute approximate surface area is 129 Å². The summed E-state index contributed by atoms with van der Waals surface area (Å²) in [6, 6.07) is 4.15. The highest BCUT2D eigenvalue weighted by Gasteiger charge is 2.33. The number of rotatable bonds is 3. The third-order valence-electron chi connectivity index (χ3n) is 4.23. The van der Waals surface area contributed by atoms with Crippen molar-refractivity contribution >= 4 is 17.2 Å². The van der Waals surface area contributed by atoms with E-state index in [1.165, 1.54) is 5.56 Å². The summed E-state index contributed by atoms with van der Waals surface area (Å²) in [4.78, 5) is 14.9. The molecule has 1 saturated heterocycles. The van der Waals surface area contributed by atoms with Crippen molar-refractivity contribution in [1.29, 1.82) is 0 Å². The van der Waals surface area contributed by atoms with Gasteiger partial charge in [0.2, 0.25) is 5.91 Å². The number of aromatic nitrogens is 2. The lowest BCUT2D eigenvalue weighted by Crippen LogP contribution is -2.36. The molecule has 2 atom stereocenters. The molecular formula is C16H21N3OS. The van der Waals surface area contributed by atoms with E-state index in [4.69, 9.17) is 0 Å². The van der Waals surface area contributed by atoms with Gasteiger partial charge in [-0.3, -0.25) is 9.48 Å². The molecule has 3 rings (SSSR count). The van der Waals surface area contributed by atoms with Crippen molar-refractivity contribution in [3.8, 4) is 0 Å². The number of aryl methyl sites for hydroxylation is 2. The summed E-state index contributed by atoms with van der Waals surface area (Å²) in [6.45, 7) is 6.77. The Morgan fingerprint density at radius 1 is 1.48 bits per heavy atom. The van der Waals surface area contributed by atoms with Crippen LogP contribution in [0.2, 0.25) is 0 Å². The van der Waals surface area contributed by atoms with Gasteiger partial charge in [-0.2, -0.15) is 16.4 Å². The number of nitrogens with zero attached hydrogens (tertiary/aromatic N) is 3. The second kappa shape index (κ2) is 5.64. The average molecular weight is 303 g/mol. The van der Waals surface area contributed by atoms with Crippen LogP contribution in [-0.2, 0) is 4.79 Å². The van der Waals surface area contributed by atoms with Crippen LogP contribution in [0.3, 0.4) is 0 Å². The van der Waals surface area contributed by atoms with Crippen molar-refractivity contribution in [1.82, 2.24) is 14.7 Å². The van der Waals surface area contributed by atoms with Crippen LogP contribution >= 0.6 is 11.3 Å². The van der Waals surface area contributed by atoms with Crippen LogP contribution in [0.15, 0.2) is 22.9 Å². The molecule has 2 aromatic rings. The fourth-order valence-electron chi connectivity index (χ4n) is 3.22. The molecule has 2 aromatic heterocycles. The highest BCUT2D eigenvalue weighted by molar-refractivity contribution is 7.07. The maximum Gasteiger partial charge on any atom is 0.247 e. The second-order valence-corrected chi connectivity index (χ2v) is 6.57. The van der Waals surface area contributed by atoms with E-state index in [0.29, 0.717) is 0 Å². The molecule has 0 aromatic carbocycles. The van der Waals surface area contributed by atoms with Crippen LogP contribution in [0.1, 0.15) is 48.8 Å². The molecule has 0 bridgehead atoms. The largest absolute Gasteiger partial charge is 0.334 e. The first-order valence-electron chi connectivity index (χ1n) is 7.43. The first kappa shape index (κ1) is 14.3. The molecule has 3 heterocycles. The normalized spacial score (nSPS) is 20.0. The molecule has 1 aliphatic rings. The number of likely N-dealkylation sites (tertiary alicyclic amines) is 1. The predicted molar refractivity (Wildman–Crippen MR) is 84.4 cm³/mol. The zero-order valence-electron chi connectivity index (χ0n) is 12.7. The van der Waals surface area contributed by atoms with Crippen molar-refractivity contribution < 1.29 is 4.79 Å². The monoisotopic (exact) mass is 303 g/mol. The van der Waals surface area contributed by atoms with E-state index in [9.17, 15) is 4.79 Å². The van der Waals surface area contributed by atoms with Gasteiger partial charge in [-0.15, -0.1) is 0 Å². The van der Waals surface area contributed by atoms with E-state index in [1.54, 1.807) is 11.3 Å². The average Bonchev–Trinajstić information content (AvgIpc) is 3.16. The Bertz CT molecular complexity index is 632. The van der Waals surface area contributed by atoms with E-state index in [2.05, 4.69) is 21.9 Å². The zero-order valence-corrected chi connectivity index (χ0v) is 13.6. The van der Waals surface area contributed by atoms with Crippen LogP contribution in [0.4, 0.5) is 0 Å². The Morgan fingerprint density at radius 3 is 2.90 bits per heavy atom. The summed E-state index contributed by atoms with van der Waals surface area (Å²) < 4.78 is 1.85. The van der Waals surface area contributed by atoms with E-state index in [1.807, 2.05) is 36.4 Å². The predicted octanol–water partition coefficient (Wildman–Crippen LogP) is 3.49. The van der Waals surface area contributed by atoms with Crippen LogP contribution in [-0.4, -0.2) is 27.1 Å². The SMILES string of the molecule is Cc1cc(C)n(C(C)C(=O)N2CCCC2c2ccsc2)n1. The molecule has 2 unspecified atom stereocenters. The van der Waals surface area contributed by atoms with Gasteiger partial charge in [-0.05, 0) is 62.1 Å². The number of carbonyl (C=O) groups excluding carboxylic acids is 1. The lowest BCUT2D eigenvalue weighted by atomic mass is 10.1. The van der Waals surface area contributed by atoms with Crippen molar-refractivity contribution in [2.45, 2.75) is 45.7 Å². The summed E-state index contributed by atoms with van der Waals surface area (Å²) >= 11 is 1.70. The fraction of sp³-hybridized carbons (Fsp3) is 0.500. The summed E-state index contributed by atoms with van der Waals surface area (Å²) in [5.41, 5.74) is 3.27. The van der Waals surface area contributed by atoms with Crippen LogP contribution in [0.5, 0.6) is 0 Å². The maximum absolute atomic E-state index is 12.9. The molecular weight excluding hydrogens is 282 g/mol. The highest BCUT2D eigenvalue weighted by Crippen LogP contribution is 2.34. The number of hydrogen-bond acceptors (Lipinski definition) is 3. The summed E-state index contributed by atoms with van der Waals surface area (Å²) in [6.07, 6.45) is 2.14.